The van der Waals surface area contributed by atoms with Crippen LogP contribution in [-0.4, -0.2) is 40.9 Å². The molecule has 0 bridgehead atoms. The molecule has 1 unspecified atom stereocenters. The van der Waals surface area contributed by atoms with Gasteiger partial charge in [0.25, 0.3) is 0 Å². The Morgan fingerprint density at radius 1 is 1.35 bits per heavy atom. The summed E-state index contributed by atoms with van der Waals surface area (Å²) in [5, 5.41) is 27.2. The van der Waals surface area contributed by atoms with E-state index in [0.717, 1.165) is 0 Å². The van der Waals surface area contributed by atoms with Crippen LogP contribution >= 0.6 is 0 Å². The van der Waals surface area contributed by atoms with Gasteiger partial charge in [-0.15, -0.1) is 0 Å². The zero-order valence-corrected chi connectivity index (χ0v) is 10.7. The number of carbonyl (C=O) groups is 2. The highest BCUT2D eigenvalue weighted by Gasteiger charge is 2.37. The van der Waals surface area contributed by atoms with E-state index >= 15 is 0 Å². The Kier molecular flexibility index (Phi) is 3.96. The maximum absolute atomic E-state index is 10.8. The first-order valence-electron chi connectivity index (χ1n) is 5.93. The van der Waals surface area contributed by atoms with Crippen LogP contribution < -0.4 is 10.2 Å². The number of hydrogen-bond acceptors (Lipinski definition) is 5. The summed E-state index contributed by atoms with van der Waals surface area (Å²) in [7, 11) is -1.23. The summed E-state index contributed by atoms with van der Waals surface area (Å²) in [6.07, 6.45) is -0.966. The Hall–Kier alpha value is -2.06. The second-order valence-corrected chi connectivity index (χ2v) is 4.50. The van der Waals surface area contributed by atoms with Gasteiger partial charge in [-0.25, -0.2) is 4.79 Å². The van der Waals surface area contributed by atoms with Gasteiger partial charge in [0.05, 0.1) is 12.5 Å². The molecule has 1 aliphatic rings. The molecule has 2 rings (SSSR count). The van der Waals surface area contributed by atoms with E-state index in [1.807, 2.05) is 0 Å². The summed E-state index contributed by atoms with van der Waals surface area (Å²) in [6, 6.07) is 3.07. The van der Waals surface area contributed by atoms with Crippen LogP contribution in [0.15, 0.2) is 12.1 Å². The summed E-state index contributed by atoms with van der Waals surface area (Å²) < 4.78 is 10.3. The van der Waals surface area contributed by atoms with Crippen molar-refractivity contribution in [1.82, 2.24) is 0 Å². The first kappa shape index (κ1) is 14.4. The molecule has 0 amide bonds. The molecule has 8 heteroatoms. The molecule has 7 nitrogen and oxygen atoms in total. The number of benzene rings is 1. The molecule has 0 aromatic heterocycles. The van der Waals surface area contributed by atoms with Crippen LogP contribution in [0.3, 0.4) is 0 Å². The van der Waals surface area contributed by atoms with Crippen LogP contribution in [0.1, 0.15) is 23.7 Å². The first-order valence-corrected chi connectivity index (χ1v) is 5.93. The number of rotatable bonds is 5. The molecule has 0 aliphatic carbocycles. The van der Waals surface area contributed by atoms with Crippen LogP contribution in [0.4, 0.5) is 0 Å². The first-order chi connectivity index (χ1) is 9.38. The van der Waals surface area contributed by atoms with E-state index in [-0.39, 0.29) is 6.42 Å². The molecule has 0 saturated carbocycles. The smallest absolute Gasteiger partial charge is 0.482 e. The number of aliphatic carboxylic acids is 2. The Labute approximate surface area is 114 Å². The Bertz CT molecular complexity index is 557. The Balaban J connectivity index is 2.30. The molecule has 106 valence electrons. The Morgan fingerprint density at radius 3 is 2.65 bits per heavy atom. The average Bonchev–Trinajstić information content (AvgIpc) is 2.63. The van der Waals surface area contributed by atoms with Gasteiger partial charge >= 0.3 is 19.1 Å². The minimum atomic E-state index is -1.23. The molecule has 3 N–H and O–H groups in total. The maximum atomic E-state index is 10.8. The van der Waals surface area contributed by atoms with Crippen molar-refractivity contribution in [1.29, 1.82) is 0 Å². The third kappa shape index (κ3) is 2.92. The van der Waals surface area contributed by atoms with E-state index in [0.29, 0.717) is 22.3 Å². The molecule has 1 atom stereocenters. The predicted molar refractivity (Wildman–Crippen MR) is 68.0 cm³/mol. The molecule has 1 aromatic rings. The topological polar surface area (TPSA) is 113 Å². The normalized spacial score (nSPS) is 16.9. The number of aryl methyl sites for hydroxylation is 1. The summed E-state index contributed by atoms with van der Waals surface area (Å²) in [6.45, 7) is 1.23. The lowest BCUT2D eigenvalue weighted by molar-refractivity contribution is -0.140. The van der Waals surface area contributed by atoms with Gasteiger partial charge in [-0.3, -0.25) is 4.79 Å². The molecule has 0 radical (unpaired) electrons. The molecule has 1 aliphatic heterocycles. The second kappa shape index (κ2) is 5.52. The van der Waals surface area contributed by atoms with E-state index in [1.54, 1.807) is 13.0 Å². The fourth-order valence-corrected chi connectivity index (χ4v) is 2.27. The largest absolute Gasteiger partial charge is 0.492 e. The van der Waals surface area contributed by atoms with Gasteiger partial charge in [0.1, 0.15) is 5.75 Å². The van der Waals surface area contributed by atoms with Gasteiger partial charge in [0.15, 0.2) is 6.61 Å². The summed E-state index contributed by atoms with van der Waals surface area (Å²) in [5.74, 6) is -1.84. The van der Waals surface area contributed by atoms with Gasteiger partial charge in [0.2, 0.25) is 0 Å². The Morgan fingerprint density at radius 2 is 2.05 bits per heavy atom. The van der Waals surface area contributed by atoms with Crippen LogP contribution in [0.25, 0.3) is 0 Å². The highest BCUT2D eigenvalue weighted by molar-refractivity contribution is 6.62. The predicted octanol–water partition coefficient (Wildman–Crippen LogP) is -0.308. The average molecular weight is 280 g/mol. The minimum absolute atomic E-state index is 0.250. The van der Waals surface area contributed by atoms with Crippen molar-refractivity contribution in [2.75, 3.05) is 6.61 Å². The molecule has 0 fully saturated rings. The van der Waals surface area contributed by atoms with E-state index in [4.69, 9.17) is 19.6 Å². The fourth-order valence-electron chi connectivity index (χ4n) is 2.27. The molecule has 20 heavy (non-hydrogen) atoms. The molecule has 0 saturated heterocycles. The summed E-state index contributed by atoms with van der Waals surface area (Å²) in [4.78, 5) is 21.2. The van der Waals surface area contributed by atoms with Crippen LogP contribution in [0.5, 0.6) is 5.75 Å². The quantitative estimate of drug-likeness (QED) is 0.634. The standard InChI is InChI=1S/C12H13BO7/c1-6-2-7(19-5-11(16)17)3-8-12(6)9(4-10(14)15)20-13(8)18/h2-3,9,18H,4-5H2,1H3,(H,14,15)(H,16,17). The highest BCUT2D eigenvalue weighted by atomic mass is 16.5. The number of carboxylic acid groups (broad SMARTS) is 2. The molecular formula is C12H13BO7. The molecule has 0 spiro atoms. The third-order valence-electron chi connectivity index (χ3n) is 3.00. The lowest BCUT2D eigenvalue weighted by atomic mass is 9.77. The second-order valence-electron chi connectivity index (χ2n) is 4.50. The number of carboxylic acids is 2. The lowest BCUT2D eigenvalue weighted by Crippen LogP contribution is -2.28. The molecular weight excluding hydrogens is 267 g/mol. The fraction of sp³-hybridized carbons (Fsp3) is 0.333. The van der Waals surface area contributed by atoms with Gasteiger partial charge in [-0.2, -0.15) is 0 Å². The van der Waals surface area contributed by atoms with Crippen LogP contribution in [-0.2, 0) is 14.2 Å². The summed E-state index contributed by atoms with van der Waals surface area (Å²) >= 11 is 0. The van der Waals surface area contributed by atoms with Crippen molar-refractivity contribution in [3.8, 4) is 5.75 Å². The minimum Gasteiger partial charge on any atom is -0.482 e. The molecule has 1 aromatic carbocycles. The van der Waals surface area contributed by atoms with Crippen LogP contribution in [0.2, 0.25) is 0 Å². The van der Waals surface area contributed by atoms with Crippen molar-refractivity contribution in [2.24, 2.45) is 0 Å². The number of ether oxygens (including phenoxy) is 1. The van der Waals surface area contributed by atoms with Gasteiger partial charge in [-0.05, 0) is 35.6 Å². The highest BCUT2D eigenvalue weighted by Crippen LogP contribution is 2.31. The van der Waals surface area contributed by atoms with Crippen molar-refractivity contribution in [2.45, 2.75) is 19.4 Å². The van der Waals surface area contributed by atoms with Crippen LogP contribution in [0, 0.1) is 6.92 Å². The van der Waals surface area contributed by atoms with Gasteiger partial charge in [0, 0.05) is 0 Å². The van der Waals surface area contributed by atoms with E-state index in [1.165, 1.54) is 6.07 Å². The maximum Gasteiger partial charge on any atom is 0.492 e. The van der Waals surface area contributed by atoms with Gasteiger partial charge in [-0.1, -0.05) is 0 Å². The van der Waals surface area contributed by atoms with Crippen molar-refractivity contribution < 1.29 is 34.2 Å². The SMILES string of the molecule is Cc1cc(OCC(=O)O)cc2c1C(CC(=O)O)OB2O. The van der Waals surface area contributed by atoms with E-state index in [2.05, 4.69) is 0 Å². The monoisotopic (exact) mass is 280 g/mol. The number of fused-ring (bicyclic) bond motifs is 1. The molecule has 1 heterocycles. The van der Waals surface area contributed by atoms with Crippen molar-refractivity contribution >= 4 is 24.5 Å². The van der Waals surface area contributed by atoms with Gasteiger partial charge < -0.3 is 24.6 Å². The van der Waals surface area contributed by atoms with E-state index in [9.17, 15) is 14.6 Å². The third-order valence-corrected chi connectivity index (χ3v) is 3.00. The zero-order chi connectivity index (χ0) is 14.9. The summed E-state index contributed by atoms with van der Waals surface area (Å²) in [5.41, 5.74) is 1.71. The van der Waals surface area contributed by atoms with Crippen molar-refractivity contribution in [3.05, 3.63) is 23.3 Å². The number of hydrogen-bond donors (Lipinski definition) is 3. The lowest BCUT2D eigenvalue weighted by Gasteiger charge is -2.13. The van der Waals surface area contributed by atoms with E-state index < -0.39 is 31.8 Å². The zero-order valence-electron chi connectivity index (χ0n) is 10.7. The van der Waals surface area contributed by atoms with Crippen molar-refractivity contribution in [3.63, 3.8) is 0 Å².